The predicted octanol–water partition coefficient (Wildman–Crippen LogP) is 3.86. The van der Waals surface area contributed by atoms with Gasteiger partial charge < -0.3 is 19.3 Å². The summed E-state index contributed by atoms with van der Waals surface area (Å²) in [6, 6.07) is 19.7. The number of carbonyl (C=O) groups excluding carboxylic acids is 1. The zero-order chi connectivity index (χ0) is 26.6. The highest BCUT2D eigenvalue weighted by Crippen LogP contribution is 2.34. The summed E-state index contributed by atoms with van der Waals surface area (Å²) in [4.78, 5) is 17.5. The number of nitrogens with zero attached hydrogens (tertiary/aromatic N) is 3. The van der Waals surface area contributed by atoms with Crippen molar-refractivity contribution in [2.75, 3.05) is 56.1 Å². The molecular formula is C28H33N3O5S. The Labute approximate surface area is 219 Å². The average molecular weight is 524 g/mol. The molecule has 0 unspecified atom stereocenters. The summed E-state index contributed by atoms with van der Waals surface area (Å²) in [6.07, 6.45) is 0. The monoisotopic (exact) mass is 523 g/mol. The van der Waals surface area contributed by atoms with Crippen LogP contribution in [0.2, 0.25) is 0 Å². The maximum atomic E-state index is 13.8. The topological polar surface area (TPSA) is 79.4 Å². The van der Waals surface area contributed by atoms with Gasteiger partial charge in [-0.05, 0) is 55.8 Å². The van der Waals surface area contributed by atoms with Crippen molar-refractivity contribution < 1.29 is 22.7 Å². The number of sulfonamides is 1. The second kappa shape index (κ2) is 11.1. The summed E-state index contributed by atoms with van der Waals surface area (Å²) in [5.41, 5.74) is 3.12. The molecule has 196 valence electrons. The molecule has 0 aromatic heterocycles. The summed E-state index contributed by atoms with van der Waals surface area (Å²) < 4.78 is 39.8. The summed E-state index contributed by atoms with van der Waals surface area (Å²) in [5.74, 6) is 0.901. The van der Waals surface area contributed by atoms with Crippen LogP contribution in [-0.4, -0.2) is 66.2 Å². The Hall–Kier alpha value is -3.72. The molecule has 1 amide bonds. The fourth-order valence-corrected chi connectivity index (χ4v) is 5.86. The summed E-state index contributed by atoms with van der Waals surface area (Å²) in [6.45, 7) is 5.62. The standard InChI is InChI=1S/C28H33N3O5S/c1-21-9-12-23(13-10-21)37(33,34)31(25-19-22(2)11-14-27(25)36-4)20-28(32)30-17-15-29(16-18-30)24-7-5-6-8-26(24)35-3/h5-14,19H,15-18,20H2,1-4H3. The molecule has 1 aliphatic heterocycles. The van der Waals surface area contributed by atoms with Crippen molar-refractivity contribution in [1.82, 2.24) is 4.90 Å². The number of methoxy groups -OCH3 is 2. The molecule has 4 rings (SSSR count). The summed E-state index contributed by atoms with van der Waals surface area (Å²) >= 11 is 0. The van der Waals surface area contributed by atoms with Crippen LogP contribution in [0.25, 0.3) is 0 Å². The quantitative estimate of drug-likeness (QED) is 0.446. The van der Waals surface area contributed by atoms with E-state index >= 15 is 0 Å². The number of carbonyl (C=O) groups is 1. The zero-order valence-electron chi connectivity index (χ0n) is 21.7. The number of ether oxygens (including phenoxy) is 2. The molecule has 3 aromatic carbocycles. The number of anilines is 2. The normalized spacial score (nSPS) is 13.8. The van der Waals surface area contributed by atoms with Gasteiger partial charge in [0.15, 0.2) is 0 Å². The van der Waals surface area contributed by atoms with E-state index in [0.717, 1.165) is 22.6 Å². The number of hydrogen-bond acceptors (Lipinski definition) is 6. The SMILES string of the molecule is COc1ccccc1N1CCN(C(=O)CN(c2cc(C)ccc2OC)S(=O)(=O)c2ccc(C)cc2)CC1. The van der Waals surface area contributed by atoms with Crippen LogP contribution in [-0.2, 0) is 14.8 Å². The van der Waals surface area contributed by atoms with E-state index < -0.39 is 10.0 Å². The highest BCUT2D eigenvalue weighted by Gasteiger charge is 2.32. The van der Waals surface area contributed by atoms with Crippen molar-refractivity contribution in [2.45, 2.75) is 18.7 Å². The van der Waals surface area contributed by atoms with Crippen LogP contribution in [0.5, 0.6) is 11.5 Å². The Morgan fingerprint density at radius 3 is 2.11 bits per heavy atom. The molecule has 0 N–H and O–H groups in total. The van der Waals surface area contributed by atoms with Crippen molar-refractivity contribution in [3.05, 3.63) is 77.9 Å². The van der Waals surface area contributed by atoms with E-state index in [0.29, 0.717) is 37.6 Å². The third kappa shape index (κ3) is 5.67. The van der Waals surface area contributed by atoms with E-state index in [4.69, 9.17) is 9.47 Å². The lowest BCUT2D eigenvalue weighted by atomic mass is 10.2. The summed E-state index contributed by atoms with van der Waals surface area (Å²) in [5, 5.41) is 0. The van der Waals surface area contributed by atoms with Gasteiger partial charge in [-0.1, -0.05) is 35.9 Å². The van der Waals surface area contributed by atoms with E-state index in [1.807, 2.05) is 44.2 Å². The Bertz CT molecular complexity index is 1350. The Morgan fingerprint density at radius 1 is 0.838 bits per heavy atom. The first-order chi connectivity index (χ1) is 17.7. The van der Waals surface area contributed by atoms with Crippen molar-refractivity contribution in [3.8, 4) is 11.5 Å². The maximum Gasteiger partial charge on any atom is 0.264 e. The maximum absolute atomic E-state index is 13.8. The fourth-order valence-electron chi connectivity index (χ4n) is 4.44. The Morgan fingerprint density at radius 2 is 1.46 bits per heavy atom. The molecule has 0 spiro atoms. The van der Waals surface area contributed by atoms with E-state index in [1.165, 1.54) is 11.4 Å². The van der Waals surface area contributed by atoms with E-state index in [-0.39, 0.29) is 17.3 Å². The highest BCUT2D eigenvalue weighted by atomic mass is 32.2. The second-order valence-corrected chi connectivity index (χ2v) is 10.9. The molecule has 3 aromatic rings. The molecule has 9 heteroatoms. The Balaban J connectivity index is 1.59. The highest BCUT2D eigenvalue weighted by molar-refractivity contribution is 7.92. The van der Waals surface area contributed by atoms with Crippen LogP contribution in [0.1, 0.15) is 11.1 Å². The van der Waals surface area contributed by atoms with Gasteiger partial charge >= 0.3 is 0 Å². The average Bonchev–Trinajstić information content (AvgIpc) is 2.91. The van der Waals surface area contributed by atoms with E-state index in [1.54, 1.807) is 48.4 Å². The first-order valence-electron chi connectivity index (χ1n) is 12.1. The van der Waals surface area contributed by atoms with Gasteiger partial charge in [0.2, 0.25) is 5.91 Å². The number of piperazine rings is 1. The minimum absolute atomic E-state index is 0.121. The molecule has 37 heavy (non-hydrogen) atoms. The van der Waals surface area contributed by atoms with E-state index in [2.05, 4.69) is 4.90 Å². The minimum Gasteiger partial charge on any atom is -0.495 e. The van der Waals surface area contributed by atoms with Crippen LogP contribution in [0.15, 0.2) is 71.6 Å². The molecule has 0 bridgehead atoms. The Kier molecular flexibility index (Phi) is 7.92. The van der Waals surface area contributed by atoms with Gasteiger partial charge in [-0.15, -0.1) is 0 Å². The smallest absolute Gasteiger partial charge is 0.264 e. The molecule has 1 fully saturated rings. The van der Waals surface area contributed by atoms with Gasteiger partial charge in [0, 0.05) is 26.2 Å². The lowest BCUT2D eigenvalue weighted by Crippen LogP contribution is -2.52. The number of hydrogen-bond donors (Lipinski definition) is 0. The van der Waals surface area contributed by atoms with Gasteiger partial charge in [-0.25, -0.2) is 8.42 Å². The molecule has 8 nitrogen and oxygen atoms in total. The second-order valence-electron chi connectivity index (χ2n) is 9.04. The fraction of sp³-hybridized carbons (Fsp3) is 0.321. The van der Waals surface area contributed by atoms with Crippen LogP contribution in [0.3, 0.4) is 0 Å². The summed E-state index contributed by atoms with van der Waals surface area (Å²) in [7, 11) is -0.908. The predicted molar refractivity (Wildman–Crippen MR) is 145 cm³/mol. The van der Waals surface area contributed by atoms with Crippen LogP contribution >= 0.6 is 0 Å². The molecule has 1 aliphatic rings. The first-order valence-corrected chi connectivity index (χ1v) is 13.6. The van der Waals surface area contributed by atoms with Crippen molar-refractivity contribution >= 4 is 27.3 Å². The van der Waals surface area contributed by atoms with Gasteiger partial charge in [-0.2, -0.15) is 0 Å². The van der Waals surface area contributed by atoms with Crippen molar-refractivity contribution in [2.24, 2.45) is 0 Å². The van der Waals surface area contributed by atoms with E-state index in [9.17, 15) is 13.2 Å². The number of rotatable bonds is 8. The molecule has 1 saturated heterocycles. The lowest BCUT2D eigenvalue weighted by molar-refractivity contribution is -0.129. The number of benzene rings is 3. The van der Waals surface area contributed by atoms with Gasteiger partial charge in [0.25, 0.3) is 10.0 Å². The third-order valence-electron chi connectivity index (χ3n) is 6.55. The molecule has 0 atom stereocenters. The number of para-hydroxylation sites is 2. The number of aryl methyl sites for hydroxylation is 2. The molecule has 0 aliphatic carbocycles. The minimum atomic E-state index is -4.04. The zero-order valence-corrected chi connectivity index (χ0v) is 22.5. The molecule has 0 saturated carbocycles. The number of amides is 1. The molecular weight excluding hydrogens is 490 g/mol. The lowest BCUT2D eigenvalue weighted by Gasteiger charge is -2.37. The molecule has 0 radical (unpaired) electrons. The third-order valence-corrected chi connectivity index (χ3v) is 8.32. The van der Waals surface area contributed by atoms with Crippen LogP contribution in [0, 0.1) is 13.8 Å². The van der Waals surface area contributed by atoms with Crippen LogP contribution < -0.4 is 18.7 Å². The van der Waals surface area contributed by atoms with Gasteiger partial charge in [0.1, 0.15) is 18.0 Å². The van der Waals surface area contributed by atoms with Crippen molar-refractivity contribution in [3.63, 3.8) is 0 Å². The molecule has 1 heterocycles. The van der Waals surface area contributed by atoms with Crippen LogP contribution in [0.4, 0.5) is 11.4 Å². The van der Waals surface area contributed by atoms with Gasteiger partial charge in [-0.3, -0.25) is 9.10 Å². The van der Waals surface area contributed by atoms with Gasteiger partial charge in [0.05, 0.1) is 30.5 Å². The largest absolute Gasteiger partial charge is 0.495 e. The first kappa shape index (κ1) is 26.3. The van der Waals surface area contributed by atoms with Crippen molar-refractivity contribution in [1.29, 1.82) is 0 Å².